The summed E-state index contributed by atoms with van der Waals surface area (Å²) in [5.74, 6) is 0.448. The summed E-state index contributed by atoms with van der Waals surface area (Å²) in [5, 5.41) is 9.22. The maximum absolute atomic E-state index is 11.8. The van der Waals surface area contributed by atoms with Gasteiger partial charge in [0.25, 0.3) is 10.1 Å². The number of aliphatic hydroxyl groups is 1. The predicted molar refractivity (Wildman–Crippen MR) is 99.1 cm³/mol. The summed E-state index contributed by atoms with van der Waals surface area (Å²) in [6.07, 6.45) is 5.95. The predicted octanol–water partition coefficient (Wildman–Crippen LogP) is 2.37. The molecule has 0 spiro atoms. The van der Waals surface area contributed by atoms with Crippen molar-refractivity contribution in [2.45, 2.75) is 58.8 Å². The van der Waals surface area contributed by atoms with E-state index in [-0.39, 0.29) is 30.5 Å². The van der Waals surface area contributed by atoms with E-state index in [1.54, 1.807) is 6.92 Å². The molecule has 1 heterocycles. The molecular formula is C18H35NO5S. The van der Waals surface area contributed by atoms with Crippen molar-refractivity contribution in [3.8, 4) is 0 Å². The average molecular weight is 378 g/mol. The maximum Gasteiger partial charge on any atom is 0.265 e. The van der Waals surface area contributed by atoms with Gasteiger partial charge in [0, 0.05) is 19.4 Å². The van der Waals surface area contributed by atoms with Gasteiger partial charge in [0.2, 0.25) is 0 Å². The Morgan fingerprint density at radius 3 is 2.36 bits per heavy atom. The third kappa shape index (κ3) is 10.3. The van der Waals surface area contributed by atoms with Crippen molar-refractivity contribution in [2.75, 3.05) is 32.0 Å². The zero-order valence-electron chi connectivity index (χ0n) is 15.7. The van der Waals surface area contributed by atoms with Crippen molar-refractivity contribution >= 4 is 15.9 Å². The Morgan fingerprint density at radius 2 is 1.80 bits per heavy atom. The third-order valence-electron chi connectivity index (χ3n) is 5.23. The summed E-state index contributed by atoms with van der Waals surface area (Å²) in [7, 11) is -3.99. The Hall–Kier alpha value is -0.500. The molecule has 1 rings (SSSR count). The van der Waals surface area contributed by atoms with E-state index in [4.69, 9.17) is 4.55 Å². The number of nitrogens with zero attached hydrogens (tertiary/aromatic N) is 1. The molecule has 0 aromatic rings. The van der Waals surface area contributed by atoms with E-state index < -0.39 is 10.1 Å². The molecule has 1 aliphatic heterocycles. The van der Waals surface area contributed by atoms with Crippen LogP contribution in [0.1, 0.15) is 58.8 Å². The van der Waals surface area contributed by atoms with Crippen LogP contribution in [0.4, 0.5) is 0 Å². The Balaban J connectivity index is 2.06. The summed E-state index contributed by atoms with van der Waals surface area (Å²) in [6.45, 7) is 7.33. The molecule has 0 aromatic heterocycles. The molecular weight excluding hydrogens is 342 g/mol. The number of rotatable bonds is 12. The van der Waals surface area contributed by atoms with Crippen LogP contribution in [-0.4, -0.2) is 60.8 Å². The molecule has 1 saturated heterocycles. The highest BCUT2D eigenvalue weighted by molar-refractivity contribution is 7.85. The first-order valence-electron chi connectivity index (χ1n) is 9.51. The molecule has 2 atom stereocenters. The van der Waals surface area contributed by atoms with Crippen LogP contribution >= 0.6 is 0 Å². The molecule has 2 N–H and O–H groups in total. The molecule has 1 fully saturated rings. The minimum Gasteiger partial charge on any atom is -0.396 e. The number of hydrogen-bond donors (Lipinski definition) is 2. The summed E-state index contributed by atoms with van der Waals surface area (Å²) in [5.41, 5.74) is 0. The second-order valence-corrected chi connectivity index (χ2v) is 9.24. The number of Topliss-reactive ketones (excluding diaryl/α,β-unsaturated/α-hetero) is 1. The minimum absolute atomic E-state index is 0.0787. The molecule has 6 nitrogen and oxygen atoms in total. The van der Waals surface area contributed by atoms with E-state index in [0.29, 0.717) is 18.3 Å². The van der Waals surface area contributed by atoms with E-state index in [9.17, 15) is 18.3 Å². The van der Waals surface area contributed by atoms with Crippen molar-refractivity contribution in [3.05, 3.63) is 0 Å². The monoisotopic (exact) mass is 377 g/mol. The van der Waals surface area contributed by atoms with Gasteiger partial charge in [-0.25, -0.2) is 0 Å². The van der Waals surface area contributed by atoms with Crippen molar-refractivity contribution in [1.82, 2.24) is 4.90 Å². The molecule has 0 bridgehead atoms. The standard InChI is InChI=1S/C18H35NO5S/c1-15(14-25(22,23)24)12-18(21)6-4-3-5-9-19-10-7-17(8-11-19)16(2)13-20/h15-17,20H,3-14H2,1-2H3,(H,22,23,24). The molecule has 148 valence electrons. The van der Waals surface area contributed by atoms with Crippen molar-refractivity contribution in [2.24, 2.45) is 17.8 Å². The fraction of sp³-hybridized carbons (Fsp3) is 0.944. The number of carbonyl (C=O) groups is 1. The van der Waals surface area contributed by atoms with Crippen LogP contribution in [0.15, 0.2) is 0 Å². The van der Waals surface area contributed by atoms with Gasteiger partial charge in [-0.2, -0.15) is 8.42 Å². The first-order valence-corrected chi connectivity index (χ1v) is 11.1. The van der Waals surface area contributed by atoms with Crippen molar-refractivity contribution < 1.29 is 22.9 Å². The lowest BCUT2D eigenvalue weighted by molar-refractivity contribution is -0.119. The molecule has 0 radical (unpaired) electrons. The smallest absolute Gasteiger partial charge is 0.265 e. The van der Waals surface area contributed by atoms with Gasteiger partial charge in [-0.1, -0.05) is 20.3 Å². The second kappa shape index (κ2) is 11.3. The van der Waals surface area contributed by atoms with Gasteiger partial charge in [0.05, 0.1) is 5.75 Å². The summed E-state index contributed by atoms with van der Waals surface area (Å²) in [4.78, 5) is 14.3. The van der Waals surface area contributed by atoms with E-state index in [0.717, 1.165) is 51.7 Å². The molecule has 7 heteroatoms. The zero-order chi connectivity index (χ0) is 18.9. The first-order chi connectivity index (χ1) is 11.7. The number of aliphatic hydroxyl groups excluding tert-OH is 1. The molecule has 0 aromatic carbocycles. The van der Waals surface area contributed by atoms with Gasteiger partial charge in [-0.05, 0) is 63.1 Å². The highest BCUT2D eigenvalue weighted by Gasteiger charge is 2.23. The highest BCUT2D eigenvalue weighted by Crippen LogP contribution is 2.24. The van der Waals surface area contributed by atoms with E-state index in [1.165, 1.54) is 0 Å². The van der Waals surface area contributed by atoms with E-state index in [1.807, 2.05) is 0 Å². The van der Waals surface area contributed by atoms with Crippen LogP contribution in [0.5, 0.6) is 0 Å². The Kier molecular flexibility index (Phi) is 10.2. The van der Waals surface area contributed by atoms with Crippen LogP contribution in [0.25, 0.3) is 0 Å². The minimum atomic E-state index is -3.99. The third-order valence-corrected chi connectivity index (χ3v) is 6.22. The first kappa shape index (κ1) is 22.5. The number of unbranched alkanes of at least 4 members (excludes halogenated alkanes) is 2. The second-order valence-electron chi connectivity index (χ2n) is 7.75. The summed E-state index contributed by atoms with van der Waals surface area (Å²) >= 11 is 0. The van der Waals surface area contributed by atoms with Crippen molar-refractivity contribution in [1.29, 1.82) is 0 Å². The van der Waals surface area contributed by atoms with Crippen LogP contribution in [0.3, 0.4) is 0 Å². The lowest BCUT2D eigenvalue weighted by Gasteiger charge is -2.34. The molecule has 0 amide bonds. The average Bonchev–Trinajstić information content (AvgIpc) is 2.52. The fourth-order valence-corrected chi connectivity index (χ4v) is 4.48. The van der Waals surface area contributed by atoms with E-state index >= 15 is 0 Å². The van der Waals surface area contributed by atoms with Gasteiger partial charge in [-0.15, -0.1) is 0 Å². The maximum atomic E-state index is 11.8. The van der Waals surface area contributed by atoms with Gasteiger partial charge in [0.15, 0.2) is 0 Å². The molecule has 0 saturated carbocycles. The van der Waals surface area contributed by atoms with Gasteiger partial charge < -0.3 is 10.0 Å². The largest absolute Gasteiger partial charge is 0.396 e. The molecule has 0 aliphatic carbocycles. The van der Waals surface area contributed by atoms with Gasteiger partial charge in [0.1, 0.15) is 5.78 Å². The lowest BCUT2D eigenvalue weighted by Crippen LogP contribution is -2.36. The lowest BCUT2D eigenvalue weighted by atomic mass is 9.86. The molecule has 1 aliphatic rings. The number of likely N-dealkylation sites (tertiary alicyclic amines) is 1. The highest BCUT2D eigenvalue weighted by atomic mass is 32.2. The number of hydrogen-bond acceptors (Lipinski definition) is 5. The summed E-state index contributed by atoms with van der Waals surface area (Å²) in [6, 6.07) is 0. The normalized spacial score (nSPS) is 19.7. The molecule has 25 heavy (non-hydrogen) atoms. The Bertz CT molecular complexity index is 486. The number of carbonyl (C=O) groups excluding carboxylic acids is 1. The van der Waals surface area contributed by atoms with Crippen LogP contribution in [0.2, 0.25) is 0 Å². The van der Waals surface area contributed by atoms with E-state index in [2.05, 4.69) is 11.8 Å². The van der Waals surface area contributed by atoms with Gasteiger partial charge in [-0.3, -0.25) is 9.35 Å². The van der Waals surface area contributed by atoms with Crippen molar-refractivity contribution in [3.63, 3.8) is 0 Å². The SMILES string of the molecule is CC(CC(=O)CCCCCN1CCC(C(C)CO)CC1)CS(=O)(=O)O. The summed E-state index contributed by atoms with van der Waals surface area (Å²) < 4.78 is 30.3. The number of ketones is 1. The Morgan fingerprint density at radius 1 is 1.16 bits per heavy atom. The zero-order valence-corrected chi connectivity index (χ0v) is 16.5. The number of piperidine rings is 1. The van der Waals surface area contributed by atoms with Gasteiger partial charge >= 0.3 is 0 Å². The van der Waals surface area contributed by atoms with Crippen LogP contribution < -0.4 is 0 Å². The topological polar surface area (TPSA) is 94.9 Å². The quantitative estimate of drug-likeness (QED) is 0.400. The Labute approximate surface area is 152 Å². The molecule has 2 unspecified atom stereocenters. The fourth-order valence-electron chi connectivity index (χ4n) is 3.64. The van der Waals surface area contributed by atoms with Crippen LogP contribution in [-0.2, 0) is 14.9 Å². The van der Waals surface area contributed by atoms with Crippen LogP contribution in [0, 0.1) is 17.8 Å².